The number of piperazine rings is 1. The number of benzene rings is 1. The summed E-state index contributed by atoms with van der Waals surface area (Å²) in [6.45, 7) is 7.98. The minimum atomic E-state index is -0.140. The second kappa shape index (κ2) is 7.24. The number of amides is 1. The van der Waals surface area contributed by atoms with E-state index in [0.29, 0.717) is 5.56 Å². The lowest BCUT2D eigenvalue weighted by atomic mass is 10.1. The topological polar surface area (TPSA) is 66.3 Å². The Balaban J connectivity index is 1.55. The van der Waals surface area contributed by atoms with Gasteiger partial charge in [-0.2, -0.15) is 5.10 Å². The second-order valence-electron chi connectivity index (χ2n) is 7.51. The molecule has 0 aliphatic carbocycles. The maximum absolute atomic E-state index is 13.0. The summed E-state index contributed by atoms with van der Waals surface area (Å²) in [5.41, 5.74) is 4.92. The van der Waals surface area contributed by atoms with Crippen LogP contribution in [-0.2, 0) is 7.05 Å². The molecule has 1 aliphatic heterocycles. The third kappa shape index (κ3) is 3.45. The lowest BCUT2D eigenvalue weighted by Crippen LogP contribution is -2.44. The van der Waals surface area contributed by atoms with E-state index >= 15 is 0 Å². The summed E-state index contributed by atoms with van der Waals surface area (Å²) in [6, 6.07) is 9.90. The van der Waals surface area contributed by atoms with E-state index < -0.39 is 0 Å². The number of aromatic nitrogens is 3. The molecule has 1 aromatic carbocycles. The predicted octanol–water partition coefficient (Wildman–Crippen LogP) is 2.59. The van der Waals surface area contributed by atoms with Crippen LogP contribution in [0.5, 0.6) is 0 Å². The molecular formula is C21H26N6O. The first-order chi connectivity index (χ1) is 13.4. The minimum Gasteiger partial charge on any atom is -0.369 e. The molecule has 1 aliphatic rings. The van der Waals surface area contributed by atoms with Crippen molar-refractivity contribution < 1.29 is 4.79 Å². The van der Waals surface area contributed by atoms with Gasteiger partial charge >= 0.3 is 0 Å². The van der Waals surface area contributed by atoms with Crippen LogP contribution in [0.25, 0.3) is 11.0 Å². The number of hydrogen-bond donors (Lipinski definition) is 1. The SMILES string of the molecule is Cc1cc(C(=O)Nc2ccc(N3CCN(C)CC3)cc2)c2c(C)nn(C)c2n1. The van der Waals surface area contributed by atoms with Gasteiger partial charge in [0.1, 0.15) is 0 Å². The van der Waals surface area contributed by atoms with E-state index in [1.54, 1.807) is 4.68 Å². The average molecular weight is 378 g/mol. The van der Waals surface area contributed by atoms with Crippen molar-refractivity contribution in [2.24, 2.45) is 7.05 Å². The lowest BCUT2D eigenvalue weighted by molar-refractivity contribution is 0.102. The van der Waals surface area contributed by atoms with Gasteiger partial charge < -0.3 is 15.1 Å². The van der Waals surface area contributed by atoms with E-state index in [9.17, 15) is 4.79 Å². The minimum absolute atomic E-state index is 0.140. The summed E-state index contributed by atoms with van der Waals surface area (Å²) in [7, 11) is 4.00. The van der Waals surface area contributed by atoms with E-state index in [2.05, 4.69) is 44.4 Å². The highest BCUT2D eigenvalue weighted by molar-refractivity contribution is 6.12. The average Bonchev–Trinajstić information content (AvgIpc) is 2.96. The molecule has 1 N–H and O–H groups in total. The summed E-state index contributed by atoms with van der Waals surface area (Å²) < 4.78 is 1.72. The molecule has 7 heteroatoms. The Hall–Kier alpha value is -2.93. The molecule has 1 fully saturated rings. The van der Waals surface area contributed by atoms with Crippen LogP contribution in [0.3, 0.4) is 0 Å². The van der Waals surface area contributed by atoms with Gasteiger partial charge in [0, 0.05) is 50.3 Å². The van der Waals surface area contributed by atoms with Gasteiger partial charge in [0.25, 0.3) is 5.91 Å². The van der Waals surface area contributed by atoms with E-state index in [1.807, 2.05) is 39.1 Å². The summed E-state index contributed by atoms with van der Waals surface area (Å²) in [5.74, 6) is -0.140. The summed E-state index contributed by atoms with van der Waals surface area (Å²) in [6.07, 6.45) is 0. The Bertz CT molecular complexity index is 1020. The van der Waals surface area contributed by atoms with Gasteiger partial charge in [-0.25, -0.2) is 4.98 Å². The fraction of sp³-hybridized carbons (Fsp3) is 0.381. The number of hydrogen-bond acceptors (Lipinski definition) is 5. The van der Waals surface area contributed by atoms with E-state index in [4.69, 9.17) is 0 Å². The molecule has 0 unspecified atom stereocenters. The van der Waals surface area contributed by atoms with E-state index in [1.165, 1.54) is 5.69 Å². The fourth-order valence-electron chi connectivity index (χ4n) is 3.77. The van der Waals surface area contributed by atoms with Crippen LogP contribution in [0.1, 0.15) is 21.7 Å². The zero-order chi connectivity index (χ0) is 19.8. The number of rotatable bonds is 3. The van der Waals surface area contributed by atoms with Gasteiger partial charge in [0.05, 0.1) is 16.6 Å². The van der Waals surface area contributed by atoms with Gasteiger partial charge in [0.15, 0.2) is 5.65 Å². The quantitative estimate of drug-likeness (QED) is 0.759. The van der Waals surface area contributed by atoms with Crippen LogP contribution in [0.4, 0.5) is 11.4 Å². The first-order valence-corrected chi connectivity index (χ1v) is 9.58. The molecule has 146 valence electrons. The Labute approximate surface area is 165 Å². The van der Waals surface area contributed by atoms with Crippen LogP contribution >= 0.6 is 0 Å². The van der Waals surface area contributed by atoms with Crippen molar-refractivity contribution in [3.8, 4) is 0 Å². The van der Waals surface area contributed by atoms with Crippen molar-refractivity contribution in [1.29, 1.82) is 0 Å². The molecule has 7 nitrogen and oxygen atoms in total. The molecule has 3 aromatic rings. The Kier molecular flexibility index (Phi) is 4.77. The number of nitrogens with zero attached hydrogens (tertiary/aromatic N) is 5. The molecule has 0 atom stereocenters. The molecule has 0 bridgehead atoms. The van der Waals surface area contributed by atoms with E-state index in [0.717, 1.165) is 54.3 Å². The molecule has 1 saturated heterocycles. The first-order valence-electron chi connectivity index (χ1n) is 9.58. The second-order valence-corrected chi connectivity index (χ2v) is 7.51. The van der Waals surface area contributed by atoms with Gasteiger partial charge in [-0.1, -0.05) is 0 Å². The van der Waals surface area contributed by atoms with Crippen molar-refractivity contribution in [2.75, 3.05) is 43.4 Å². The number of carbonyl (C=O) groups excluding carboxylic acids is 1. The van der Waals surface area contributed by atoms with Crippen molar-refractivity contribution in [3.63, 3.8) is 0 Å². The maximum Gasteiger partial charge on any atom is 0.256 e. The number of pyridine rings is 1. The highest BCUT2D eigenvalue weighted by atomic mass is 16.1. The Morgan fingerprint density at radius 3 is 2.39 bits per heavy atom. The van der Waals surface area contributed by atoms with Crippen LogP contribution in [-0.4, -0.2) is 58.8 Å². The van der Waals surface area contributed by atoms with Gasteiger partial charge in [0.2, 0.25) is 0 Å². The summed E-state index contributed by atoms with van der Waals surface area (Å²) in [4.78, 5) is 22.2. The normalized spacial score (nSPS) is 15.2. The monoisotopic (exact) mass is 378 g/mol. The number of nitrogens with one attached hydrogen (secondary N) is 1. The molecule has 2 aromatic heterocycles. The molecule has 28 heavy (non-hydrogen) atoms. The molecular weight excluding hydrogens is 352 g/mol. The molecule has 4 rings (SSSR count). The Morgan fingerprint density at radius 2 is 1.71 bits per heavy atom. The van der Waals surface area contributed by atoms with Gasteiger partial charge in [-0.3, -0.25) is 9.48 Å². The zero-order valence-electron chi connectivity index (χ0n) is 16.9. The lowest BCUT2D eigenvalue weighted by Gasteiger charge is -2.34. The molecule has 3 heterocycles. The molecule has 0 radical (unpaired) electrons. The largest absolute Gasteiger partial charge is 0.369 e. The van der Waals surface area contributed by atoms with Crippen LogP contribution < -0.4 is 10.2 Å². The third-order valence-electron chi connectivity index (χ3n) is 5.33. The number of aryl methyl sites for hydroxylation is 3. The molecule has 0 saturated carbocycles. The van der Waals surface area contributed by atoms with Gasteiger partial charge in [-0.05, 0) is 51.2 Å². The highest BCUT2D eigenvalue weighted by Gasteiger charge is 2.18. The number of fused-ring (bicyclic) bond motifs is 1. The summed E-state index contributed by atoms with van der Waals surface area (Å²) in [5, 5.41) is 8.24. The van der Waals surface area contributed by atoms with Crippen LogP contribution in [0.2, 0.25) is 0 Å². The molecule has 0 spiro atoms. The van der Waals surface area contributed by atoms with Crippen molar-refractivity contribution in [2.45, 2.75) is 13.8 Å². The molecule has 1 amide bonds. The van der Waals surface area contributed by atoms with Crippen molar-refractivity contribution in [3.05, 3.63) is 47.3 Å². The number of anilines is 2. The van der Waals surface area contributed by atoms with Crippen molar-refractivity contribution in [1.82, 2.24) is 19.7 Å². The van der Waals surface area contributed by atoms with Crippen molar-refractivity contribution >= 4 is 28.3 Å². The summed E-state index contributed by atoms with van der Waals surface area (Å²) >= 11 is 0. The number of carbonyl (C=O) groups is 1. The van der Waals surface area contributed by atoms with Gasteiger partial charge in [-0.15, -0.1) is 0 Å². The maximum atomic E-state index is 13.0. The third-order valence-corrected chi connectivity index (χ3v) is 5.33. The standard InChI is InChI=1S/C21H26N6O/c1-14-13-18(19-15(2)24-26(4)20(19)22-14)21(28)23-16-5-7-17(8-6-16)27-11-9-25(3)10-12-27/h5-8,13H,9-12H2,1-4H3,(H,23,28). The van der Waals surface area contributed by atoms with Crippen LogP contribution in [0, 0.1) is 13.8 Å². The first kappa shape index (κ1) is 18.4. The van der Waals surface area contributed by atoms with Crippen LogP contribution in [0.15, 0.2) is 30.3 Å². The fourth-order valence-corrected chi connectivity index (χ4v) is 3.77. The van der Waals surface area contributed by atoms with E-state index in [-0.39, 0.29) is 5.91 Å². The Morgan fingerprint density at radius 1 is 1.04 bits per heavy atom. The zero-order valence-corrected chi connectivity index (χ0v) is 16.9. The predicted molar refractivity (Wildman–Crippen MR) is 112 cm³/mol. The smallest absolute Gasteiger partial charge is 0.256 e. The number of likely N-dealkylation sites (N-methyl/N-ethyl adjacent to an activating group) is 1. The highest BCUT2D eigenvalue weighted by Crippen LogP contribution is 2.24.